The lowest BCUT2D eigenvalue weighted by Gasteiger charge is -2.46. The molecule has 1 fully saturated rings. The maximum atomic E-state index is 11.6. The number of piperidine rings is 1. The summed E-state index contributed by atoms with van der Waals surface area (Å²) in [6.45, 7) is 7.52. The van der Waals surface area contributed by atoms with Gasteiger partial charge in [0, 0.05) is 36.6 Å². The molecule has 2 aromatic rings. The first-order valence-electron chi connectivity index (χ1n) is 10.7. The molecule has 2 aliphatic rings. The topological polar surface area (TPSA) is 54.6 Å². The van der Waals surface area contributed by atoms with Gasteiger partial charge in [0.1, 0.15) is 5.75 Å². The van der Waals surface area contributed by atoms with Crippen molar-refractivity contribution < 1.29 is 15.6 Å². The number of ether oxygens (including phenoxy) is 2. The summed E-state index contributed by atoms with van der Waals surface area (Å²) in [6, 6.07) is 4.90. The molecular formula is C23H30N2O3. The summed E-state index contributed by atoms with van der Waals surface area (Å²) < 4.78 is 20.3. The first kappa shape index (κ1) is 17.8. The van der Waals surface area contributed by atoms with Gasteiger partial charge in [-0.1, -0.05) is 19.4 Å². The van der Waals surface area contributed by atoms with E-state index in [0.717, 1.165) is 54.5 Å². The smallest absolute Gasteiger partial charge is 0.308 e. The number of hydrogen-bond acceptors (Lipinski definition) is 4. The second kappa shape index (κ2) is 7.63. The number of H-pyrrole nitrogens is 1. The minimum atomic E-state index is -0.820. The van der Waals surface area contributed by atoms with Gasteiger partial charge in [0.15, 0.2) is 0 Å². The molecule has 1 aromatic heterocycles. The molecule has 0 bridgehead atoms. The highest BCUT2D eigenvalue weighted by Gasteiger charge is 2.40. The first-order chi connectivity index (χ1) is 13.9. The number of rotatable bonds is 4. The van der Waals surface area contributed by atoms with Gasteiger partial charge in [-0.2, -0.15) is 0 Å². The zero-order valence-electron chi connectivity index (χ0n) is 18.2. The van der Waals surface area contributed by atoms with Crippen LogP contribution >= 0.6 is 0 Å². The van der Waals surface area contributed by atoms with E-state index in [-0.39, 0.29) is 5.97 Å². The minimum Gasteiger partial charge on any atom is -0.504 e. The van der Waals surface area contributed by atoms with Crippen molar-refractivity contribution in [1.82, 2.24) is 9.88 Å². The Hall–Kier alpha value is -2.27. The fraction of sp³-hybridized carbons (Fsp3) is 0.522. The van der Waals surface area contributed by atoms with Crippen molar-refractivity contribution in [2.24, 2.45) is 11.8 Å². The van der Waals surface area contributed by atoms with Crippen molar-refractivity contribution in [1.29, 1.82) is 0 Å². The summed E-state index contributed by atoms with van der Waals surface area (Å²) >= 11 is 0. The van der Waals surface area contributed by atoms with Crippen LogP contribution in [0.5, 0.6) is 5.75 Å². The fourth-order valence-electron chi connectivity index (χ4n) is 5.00. The first-order valence-corrected chi connectivity index (χ1v) is 10.2. The van der Waals surface area contributed by atoms with Gasteiger partial charge in [-0.15, -0.1) is 0 Å². The molecule has 4 rings (SSSR count). The maximum Gasteiger partial charge on any atom is 0.308 e. The Bertz CT molecular complexity index is 966. The standard InChI is InChI=1S/C23H30N2O3/c1-5-16-12-25-10-9-17-22-19(7-6-8-21(22)28-15(3)26)24-23(17)20(25)11-18(16)14(2)13-27-4/h6-8,13,16,18,20,24H,5,9-12H2,1-4H3/b14-13-/t16-,18-,20+/m1/s1/i20D. The number of methoxy groups -OCH3 is 1. The average molecular weight is 384 g/mol. The van der Waals surface area contributed by atoms with Crippen LogP contribution in [0.25, 0.3) is 10.9 Å². The van der Waals surface area contributed by atoms with Crippen LogP contribution in [0.1, 0.15) is 52.3 Å². The van der Waals surface area contributed by atoms with Crippen molar-refractivity contribution in [2.45, 2.75) is 46.1 Å². The molecule has 28 heavy (non-hydrogen) atoms. The molecule has 3 atom stereocenters. The second-order valence-electron chi connectivity index (χ2n) is 7.97. The van der Waals surface area contributed by atoms with Crippen LogP contribution in [-0.2, 0) is 16.0 Å². The maximum absolute atomic E-state index is 11.6. The average Bonchev–Trinajstić information content (AvgIpc) is 3.07. The van der Waals surface area contributed by atoms with Gasteiger partial charge in [-0.3, -0.25) is 9.69 Å². The van der Waals surface area contributed by atoms with Crippen molar-refractivity contribution in [3.05, 3.63) is 41.3 Å². The van der Waals surface area contributed by atoms with E-state index >= 15 is 0 Å². The Kier molecular flexibility index (Phi) is 4.85. The van der Waals surface area contributed by atoms with E-state index in [4.69, 9.17) is 9.47 Å². The van der Waals surface area contributed by atoms with Crippen LogP contribution in [0.3, 0.4) is 0 Å². The molecule has 0 radical (unpaired) electrons. The van der Waals surface area contributed by atoms with E-state index in [1.165, 1.54) is 12.5 Å². The van der Waals surface area contributed by atoms with Gasteiger partial charge >= 0.3 is 5.97 Å². The highest BCUT2D eigenvalue weighted by molar-refractivity contribution is 5.92. The predicted octanol–water partition coefficient (Wildman–Crippen LogP) is 4.59. The highest BCUT2D eigenvalue weighted by atomic mass is 16.5. The van der Waals surface area contributed by atoms with E-state index in [9.17, 15) is 6.17 Å². The van der Waals surface area contributed by atoms with Crippen molar-refractivity contribution in [2.75, 3.05) is 20.2 Å². The number of aromatic nitrogens is 1. The number of carbonyl (C=O) groups is 1. The fourth-order valence-corrected chi connectivity index (χ4v) is 5.00. The van der Waals surface area contributed by atoms with E-state index in [1.54, 1.807) is 7.11 Å². The number of carbonyl (C=O) groups excluding carboxylic acids is 1. The summed E-state index contributed by atoms with van der Waals surface area (Å²) in [7, 11) is 1.68. The zero-order chi connectivity index (χ0) is 20.8. The summed E-state index contributed by atoms with van der Waals surface area (Å²) in [5, 5.41) is 0.947. The van der Waals surface area contributed by atoms with Gasteiger partial charge in [0.25, 0.3) is 0 Å². The molecule has 1 saturated heterocycles. The molecule has 3 heterocycles. The number of nitrogens with one attached hydrogen (secondary N) is 1. The minimum absolute atomic E-state index is 0.305. The molecule has 150 valence electrons. The Labute approximate surface area is 168 Å². The lowest BCUT2D eigenvalue weighted by atomic mass is 9.74. The van der Waals surface area contributed by atoms with Crippen LogP contribution in [0, 0.1) is 11.8 Å². The largest absolute Gasteiger partial charge is 0.504 e. The predicted molar refractivity (Wildman–Crippen MR) is 110 cm³/mol. The number of fused-ring (bicyclic) bond motifs is 5. The third-order valence-corrected chi connectivity index (χ3v) is 6.30. The SMILES string of the molecule is [2H][C@@]12C[C@H](/C(C)=C\OC)[C@H](CC)CN1CCc1c2[nH]c2cccc(OC(C)=O)c12. The lowest BCUT2D eigenvalue weighted by Crippen LogP contribution is -2.46. The molecule has 0 aliphatic carbocycles. The summed E-state index contributed by atoms with van der Waals surface area (Å²) in [5.74, 6) is 1.08. The molecule has 0 unspecified atom stereocenters. The normalized spacial score (nSPS) is 28.4. The van der Waals surface area contributed by atoms with Crippen molar-refractivity contribution >= 4 is 16.9 Å². The molecule has 1 N–H and O–H groups in total. The van der Waals surface area contributed by atoms with E-state index < -0.39 is 6.02 Å². The second-order valence-corrected chi connectivity index (χ2v) is 7.97. The van der Waals surface area contributed by atoms with Gasteiger partial charge in [0.05, 0.1) is 20.8 Å². The Morgan fingerprint density at radius 3 is 2.96 bits per heavy atom. The monoisotopic (exact) mass is 383 g/mol. The molecule has 2 aliphatic heterocycles. The molecule has 1 aromatic carbocycles. The third kappa shape index (κ3) is 3.22. The third-order valence-electron chi connectivity index (χ3n) is 6.30. The van der Waals surface area contributed by atoms with Crippen LogP contribution < -0.4 is 4.74 Å². The van der Waals surface area contributed by atoms with Gasteiger partial charge < -0.3 is 14.5 Å². The summed E-state index contributed by atoms with van der Waals surface area (Å²) in [4.78, 5) is 17.4. The number of esters is 1. The van der Waals surface area contributed by atoms with E-state index in [0.29, 0.717) is 17.6 Å². The zero-order valence-corrected chi connectivity index (χ0v) is 17.2. The molecule has 0 spiro atoms. The number of allylic oxidation sites excluding steroid dienone is 1. The van der Waals surface area contributed by atoms with Gasteiger partial charge in [-0.25, -0.2) is 0 Å². The molecule has 5 heteroatoms. The van der Waals surface area contributed by atoms with Gasteiger partial charge in [0.2, 0.25) is 0 Å². The molecular weight excluding hydrogens is 352 g/mol. The Balaban J connectivity index is 1.82. The summed E-state index contributed by atoms with van der Waals surface area (Å²) in [5.41, 5.74) is 4.20. The van der Waals surface area contributed by atoms with Crippen molar-refractivity contribution in [3.63, 3.8) is 0 Å². The number of nitrogens with zero attached hydrogens (tertiary/aromatic N) is 1. The van der Waals surface area contributed by atoms with Crippen LogP contribution in [0.15, 0.2) is 30.0 Å². The molecule has 0 amide bonds. The quantitative estimate of drug-likeness (QED) is 0.477. The Morgan fingerprint density at radius 2 is 2.25 bits per heavy atom. The van der Waals surface area contributed by atoms with Crippen molar-refractivity contribution in [3.8, 4) is 5.75 Å². The Morgan fingerprint density at radius 1 is 1.43 bits per heavy atom. The van der Waals surface area contributed by atoms with E-state index in [1.807, 2.05) is 24.5 Å². The van der Waals surface area contributed by atoms with Crippen LogP contribution in [0.2, 0.25) is 0 Å². The highest BCUT2D eigenvalue weighted by Crippen LogP contribution is 2.46. The van der Waals surface area contributed by atoms with Gasteiger partial charge in [-0.05, 0) is 54.9 Å². The molecule has 0 saturated carbocycles. The van der Waals surface area contributed by atoms with E-state index in [2.05, 4.69) is 23.7 Å². The van der Waals surface area contributed by atoms with Crippen LogP contribution in [-0.4, -0.2) is 36.1 Å². The lowest BCUT2D eigenvalue weighted by molar-refractivity contribution is -0.131. The number of aromatic amines is 1. The van der Waals surface area contributed by atoms with Crippen LogP contribution in [0.4, 0.5) is 0 Å². The summed E-state index contributed by atoms with van der Waals surface area (Å²) in [6.07, 6.45) is 4.49. The number of benzene rings is 1. The molecule has 5 nitrogen and oxygen atoms in total. The number of hydrogen-bond donors (Lipinski definition) is 1.